The largest absolute Gasteiger partial charge is 0.378 e. The van der Waals surface area contributed by atoms with E-state index >= 15 is 0 Å². The van der Waals surface area contributed by atoms with Crippen LogP contribution >= 0.6 is 11.9 Å². The number of morpholine rings is 1. The van der Waals surface area contributed by atoms with E-state index in [1.807, 2.05) is 30.1 Å². The van der Waals surface area contributed by atoms with E-state index in [0.29, 0.717) is 6.54 Å². The molecule has 0 unspecified atom stereocenters. The smallest absolute Gasteiger partial charge is 0.223 e. The lowest BCUT2D eigenvalue weighted by molar-refractivity contribution is -0.126. The van der Waals surface area contributed by atoms with E-state index < -0.39 is 0 Å². The fourth-order valence-electron chi connectivity index (χ4n) is 4.02. The zero-order valence-corrected chi connectivity index (χ0v) is 18.3. The number of anilines is 1. The molecule has 0 aliphatic carbocycles. The Bertz CT molecular complexity index is 786. The zero-order valence-electron chi connectivity index (χ0n) is 17.5. The van der Waals surface area contributed by atoms with Crippen LogP contribution in [-0.2, 0) is 16.0 Å². The van der Waals surface area contributed by atoms with Gasteiger partial charge in [0.05, 0.1) is 13.2 Å². The van der Waals surface area contributed by atoms with Crippen molar-refractivity contribution in [3.8, 4) is 0 Å². The topological polar surface area (TPSA) is 44.8 Å². The summed E-state index contributed by atoms with van der Waals surface area (Å²) in [6.07, 6.45) is 2.74. The van der Waals surface area contributed by atoms with Gasteiger partial charge in [0.1, 0.15) is 0 Å². The number of carbonyl (C=O) groups excluding carboxylic acids is 1. The highest BCUT2D eigenvalue weighted by Crippen LogP contribution is 2.30. The van der Waals surface area contributed by atoms with Crippen molar-refractivity contribution in [2.24, 2.45) is 5.92 Å². The molecule has 160 valence electrons. The standard InChI is InChI=1S/C24H31N3O2S/c28-24(25-13-10-20-4-2-1-3-5-20)21-11-14-27(15-12-21)30-23-8-6-22(7-9-23)26-16-18-29-19-17-26/h1-9,21H,10-19H2,(H,25,28). The maximum Gasteiger partial charge on any atom is 0.223 e. The number of rotatable bonds is 7. The van der Waals surface area contributed by atoms with Gasteiger partial charge in [0.15, 0.2) is 0 Å². The van der Waals surface area contributed by atoms with Gasteiger partial charge in [0.25, 0.3) is 0 Å². The van der Waals surface area contributed by atoms with Gasteiger partial charge in [0, 0.05) is 49.2 Å². The Labute approximate surface area is 183 Å². The van der Waals surface area contributed by atoms with E-state index in [0.717, 1.165) is 58.7 Å². The normalized spacial score (nSPS) is 18.3. The first-order valence-electron chi connectivity index (χ1n) is 11.0. The van der Waals surface area contributed by atoms with Crippen LogP contribution in [0, 0.1) is 5.92 Å². The van der Waals surface area contributed by atoms with Crippen molar-refractivity contribution in [3.63, 3.8) is 0 Å². The van der Waals surface area contributed by atoms with Gasteiger partial charge in [-0.15, -0.1) is 0 Å². The predicted octanol–water partition coefficient (Wildman–Crippen LogP) is 3.60. The number of piperidine rings is 1. The van der Waals surface area contributed by atoms with Gasteiger partial charge in [-0.25, -0.2) is 4.31 Å². The Hall–Kier alpha value is -2.02. The summed E-state index contributed by atoms with van der Waals surface area (Å²) in [5.74, 6) is 0.353. The summed E-state index contributed by atoms with van der Waals surface area (Å²) in [7, 11) is 0. The quantitative estimate of drug-likeness (QED) is 0.687. The van der Waals surface area contributed by atoms with Gasteiger partial charge < -0.3 is 15.0 Å². The average molecular weight is 426 g/mol. The van der Waals surface area contributed by atoms with Gasteiger partial charge in [0.2, 0.25) is 5.91 Å². The maximum atomic E-state index is 12.5. The van der Waals surface area contributed by atoms with Crippen LogP contribution in [0.1, 0.15) is 18.4 Å². The molecule has 1 N–H and O–H groups in total. The van der Waals surface area contributed by atoms with Crippen molar-refractivity contribution in [1.82, 2.24) is 9.62 Å². The number of amides is 1. The Morgan fingerprint density at radius 2 is 1.67 bits per heavy atom. The van der Waals surface area contributed by atoms with E-state index in [1.54, 1.807) is 0 Å². The van der Waals surface area contributed by atoms with Crippen LogP contribution < -0.4 is 10.2 Å². The molecule has 4 rings (SSSR count). The van der Waals surface area contributed by atoms with Gasteiger partial charge in [-0.1, -0.05) is 30.3 Å². The summed E-state index contributed by atoms with van der Waals surface area (Å²) in [5, 5.41) is 3.12. The van der Waals surface area contributed by atoms with Gasteiger partial charge in [-0.05, 0) is 61.0 Å². The van der Waals surface area contributed by atoms with E-state index in [9.17, 15) is 4.79 Å². The number of hydrogen-bond acceptors (Lipinski definition) is 5. The van der Waals surface area contributed by atoms with Gasteiger partial charge >= 0.3 is 0 Å². The van der Waals surface area contributed by atoms with Crippen LogP contribution in [0.4, 0.5) is 5.69 Å². The average Bonchev–Trinajstić information content (AvgIpc) is 2.81. The van der Waals surface area contributed by atoms with E-state index in [4.69, 9.17) is 4.74 Å². The molecule has 0 saturated carbocycles. The molecule has 0 bridgehead atoms. The van der Waals surface area contributed by atoms with E-state index in [2.05, 4.69) is 50.9 Å². The van der Waals surface area contributed by atoms with Crippen molar-refractivity contribution in [1.29, 1.82) is 0 Å². The molecule has 1 amide bonds. The first-order chi connectivity index (χ1) is 14.8. The van der Waals surface area contributed by atoms with Crippen LogP contribution in [0.2, 0.25) is 0 Å². The predicted molar refractivity (Wildman–Crippen MR) is 123 cm³/mol. The van der Waals surface area contributed by atoms with Gasteiger partial charge in [-0.3, -0.25) is 4.79 Å². The van der Waals surface area contributed by atoms with Crippen LogP contribution in [-0.4, -0.2) is 56.1 Å². The second-order valence-corrected chi connectivity index (χ2v) is 9.08. The highest BCUT2D eigenvalue weighted by atomic mass is 32.2. The third kappa shape index (κ3) is 6.00. The molecule has 0 spiro atoms. The van der Waals surface area contributed by atoms with E-state index in [-0.39, 0.29) is 11.8 Å². The molecule has 30 heavy (non-hydrogen) atoms. The molecule has 2 fully saturated rings. The summed E-state index contributed by atoms with van der Waals surface area (Å²) in [4.78, 5) is 16.1. The van der Waals surface area contributed by atoms with Crippen LogP contribution in [0.15, 0.2) is 59.5 Å². The summed E-state index contributed by atoms with van der Waals surface area (Å²) in [6, 6.07) is 19.1. The highest BCUT2D eigenvalue weighted by molar-refractivity contribution is 7.97. The number of hydrogen-bond donors (Lipinski definition) is 1. The zero-order chi connectivity index (χ0) is 20.6. The first kappa shape index (κ1) is 21.2. The summed E-state index contributed by atoms with van der Waals surface area (Å²) in [6.45, 7) is 6.17. The van der Waals surface area contributed by atoms with Crippen molar-refractivity contribution in [2.75, 3.05) is 50.8 Å². The Balaban J connectivity index is 1.17. The van der Waals surface area contributed by atoms with Crippen LogP contribution in [0.25, 0.3) is 0 Å². The molecule has 2 aromatic carbocycles. The Morgan fingerprint density at radius 3 is 2.37 bits per heavy atom. The fourth-order valence-corrected chi connectivity index (χ4v) is 4.97. The second kappa shape index (κ2) is 10.8. The summed E-state index contributed by atoms with van der Waals surface area (Å²) < 4.78 is 7.82. The highest BCUT2D eigenvalue weighted by Gasteiger charge is 2.25. The lowest BCUT2D eigenvalue weighted by atomic mass is 9.97. The molecule has 6 heteroatoms. The van der Waals surface area contributed by atoms with Crippen molar-refractivity contribution < 1.29 is 9.53 Å². The molecule has 2 aliphatic rings. The monoisotopic (exact) mass is 425 g/mol. The lowest BCUT2D eigenvalue weighted by Gasteiger charge is -2.31. The summed E-state index contributed by atoms with van der Waals surface area (Å²) in [5.41, 5.74) is 2.54. The molecule has 5 nitrogen and oxygen atoms in total. The molecule has 2 saturated heterocycles. The third-order valence-corrected chi connectivity index (χ3v) is 6.93. The lowest BCUT2D eigenvalue weighted by Crippen LogP contribution is -2.38. The Kier molecular flexibility index (Phi) is 7.67. The number of carbonyl (C=O) groups is 1. The first-order valence-corrected chi connectivity index (χ1v) is 11.7. The Morgan fingerprint density at radius 1 is 0.967 bits per heavy atom. The molecule has 2 aromatic rings. The van der Waals surface area contributed by atoms with E-state index in [1.165, 1.54) is 16.1 Å². The molecule has 2 heterocycles. The van der Waals surface area contributed by atoms with Crippen LogP contribution in [0.3, 0.4) is 0 Å². The van der Waals surface area contributed by atoms with Crippen molar-refractivity contribution in [2.45, 2.75) is 24.2 Å². The molecule has 0 aromatic heterocycles. The molecule has 2 aliphatic heterocycles. The maximum absolute atomic E-state index is 12.5. The third-order valence-electron chi connectivity index (χ3n) is 5.83. The molecular formula is C24H31N3O2S. The minimum atomic E-state index is 0.140. The molecule has 0 atom stereocenters. The summed E-state index contributed by atoms with van der Waals surface area (Å²) >= 11 is 1.81. The van der Waals surface area contributed by atoms with Crippen LogP contribution in [0.5, 0.6) is 0 Å². The molecule has 0 radical (unpaired) electrons. The SMILES string of the molecule is O=C(NCCc1ccccc1)C1CCN(Sc2ccc(N3CCOCC3)cc2)CC1. The number of ether oxygens (including phenoxy) is 1. The number of benzene rings is 2. The minimum Gasteiger partial charge on any atom is -0.378 e. The second-order valence-electron chi connectivity index (χ2n) is 7.91. The molecular weight excluding hydrogens is 394 g/mol. The van der Waals surface area contributed by atoms with Crippen molar-refractivity contribution in [3.05, 3.63) is 60.2 Å². The number of nitrogens with one attached hydrogen (secondary N) is 1. The number of nitrogens with zero attached hydrogens (tertiary/aromatic N) is 2. The minimum absolute atomic E-state index is 0.140. The van der Waals surface area contributed by atoms with Crippen molar-refractivity contribution >= 4 is 23.5 Å². The fraction of sp³-hybridized carbons (Fsp3) is 0.458. The van der Waals surface area contributed by atoms with Gasteiger partial charge in [-0.2, -0.15) is 0 Å².